The first-order chi connectivity index (χ1) is 13.3. The average Bonchev–Trinajstić information content (AvgIpc) is 2.64. The number of rotatable bonds is 9. The molecule has 0 saturated carbocycles. The Balaban J connectivity index is 1.71. The van der Waals surface area contributed by atoms with Crippen molar-refractivity contribution in [3.05, 3.63) is 59.9 Å². The van der Waals surface area contributed by atoms with Crippen LogP contribution in [0.25, 0.3) is 0 Å². The summed E-state index contributed by atoms with van der Waals surface area (Å²) >= 11 is 6.96. The Morgan fingerprint density at radius 3 is 2.68 bits per heavy atom. The number of halogens is 1. The van der Waals surface area contributed by atoms with Gasteiger partial charge in [0.2, 0.25) is 10.0 Å². The summed E-state index contributed by atoms with van der Waals surface area (Å²) in [5, 5.41) is 6.65. The van der Waals surface area contributed by atoms with Crippen LogP contribution < -0.4 is 14.9 Å². The lowest BCUT2D eigenvalue weighted by molar-refractivity contribution is 0.600. The molecule has 0 aliphatic heterocycles. The summed E-state index contributed by atoms with van der Waals surface area (Å²) in [5.41, 5.74) is 1.98. The normalized spacial score (nSPS) is 11.1. The van der Waals surface area contributed by atoms with E-state index in [1.54, 1.807) is 42.1 Å². The number of anilines is 2. The highest BCUT2D eigenvalue weighted by Crippen LogP contribution is 2.20. The maximum atomic E-state index is 13.5. The zero-order valence-electron chi connectivity index (χ0n) is 15.8. The molecule has 9 heteroatoms. The van der Waals surface area contributed by atoms with Crippen LogP contribution in [0.2, 0.25) is 0 Å². The van der Waals surface area contributed by atoms with E-state index >= 15 is 0 Å². The predicted molar refractivity (Wildman–Crippen MR) is 121 cm³/mol. The topological polar surface area (TPSA) is 61.4 Å². The summed E-state index contributed by atoms with van der Waals surface area (Å²) in [6.45, 7) is 0.693. The van der Waals surface area contributed by atoms with E-state index < -0.39 is 10.0 Å². The second-order valence-corrected chi connectivity index (χ2v) is 9.69. The van der Waals surface area contributed by atoms with E-state index in [-0.39, 0.29) is 5.82 Å². The van der Waals surface area contributed by atoms with Gasteiger partial charge >= 0.3 is 0 Å². The molecule has 28 heavy (non-hydrogen) atoms. The number of benzene rings is 2. The van der Waals surface area contributed by atoms with Gasteiger partial charge < -0.3 is 10.6 Å². The standard InChI is InChI=1S/C19H24FN3O2S3/c1-23(28(2,24)25)17-9-5-8-16(13-17)22-19(26)21-11-6-12-27-14-15-7-3-4-10-18(15)20/h3-5,7-10,13H,6,11-12,14H2,1-2H3,(H2,21,22,26). The van der Waals surface area contributed by atoms with Crippen molar-refractivity contribution in [2.45, 2.75) is 12.2 Å². The highest BCUT2D eigenvalue weighted by atomic mass is 32.2. The fraction of sp³-hybridized carbons (Fsp3) is 0.316. The second-order valence-electron chi connectivity index (χ2n) is 6.16. The summed E-state index contributed by atoms with van der Waals surface area (Å²) in [5.74, 6) is 1.37. The first-order valence-corrected chi connectivity index (χ1v) is 12.1. The Bertz CT molecular complexity index is 907. The van der Waals surface area contributed by atoms with Crippen LogP contribution in [-0.4, -0.2) is 39.1 Å². The average molecular weight is 442 g/mol. The van der Waals surface area contributed by atoms with Gasteiger partial charge in [0.05, 0.1) is 11.9 Å². The monoisotopic (exact) mass is 441 g/mol. The molecule has 0 saturated heterocycles. The number of nitrogens with one attached hydrogen (secondary N) is 2. The molecule has 0 aliphatic rings. The zero-order valence-corrected chi connectivity index (χ0v) is 18.3. The van der Waals surface area contributed by atoms with Crippen molar-refractivity contribution in [3.8, 4) is 0 Å². The van der Waals surface area contributed by atoms with E-state index in [4.69, 9.17) is 12.2 Å². The van der Waals surface area contributed by atoms with Gasteiger partial charge in [-0.15, -0.1) is 0 Å². The van der Waals surface area contributed by atoms with Crippen molar-refractivity contribution in [2.75, 3.05) is 35.2 Å². The molecule has 2 aromatic carbocycles. The van der Waals surface area contributed by atoms with E-state index in [1.807, 2.05) is 12.1 Å². The molecular formula is C19H24FN3O2S3. The number of nitrogens with zero attached hydrogens (tertiary/aromatic N) is 1. The third-order valence-electron chi connectivity index (χ3n) is 3.93. The first-order valence-electron chi connectivity index (χ1n) is 8.67. The fourth-order valence-corrected chi connectivity index (χ4v) is 3.98. The Kier molecular flexibility index (Phi) is 8.53. The van der Waals surface area contributed by atoms with Gasteiger partial charge in [-0.3, -0.25) is 4.31 Å². The molecule has 0 spiro atoms. The van der Waals surface area contributed by atoms with Crippen LogP contribution in [0.3, 0.4) is 0 Å². The molecule has 0 radical (unpaired) electrons. The quantitative estimate of drug-likeness (QED) is 0.456. The van der Waals surface area contributed by atoms with Crippen LogP contribution in [0, 0.1) is 5.82 Å². The fourth-order valence-electron chi connectivity index (χ4n) is 2.32. The van der Waals surface area contributed by atoms with Crippen molar-refractivity contribution in [1.29, 1.82) is 0 Å². The molecule has 152 valence electrons. The van der Waals surface area contributed by atoms with Crippen LogP contribution in [0.15, 0.2) is 48.5 Å². The minimum Gasteiger partial charge on any atom is -0.362 e. The third kappa shape index (κ3) is 7.29. The predicted octanol–water partition coefficient (Wildman–Crippen LogP) is 3.83. The molecule has 5 nitrogen and oxygen atoms in total. The minimum absolute atomic E-state index is 0.165. The summed E-state index contributed by atoms with van der Waals surface area (Å²) < 4.78 is 38.0. The molecule has 0 atom stereocenters. The zero-order chi connectivity index (χ0) is 20.6. The maximum absolute atomic E-state index is 13.5. The number of sulfonamides is 1. The lowest BCUT2D eigenvalue weighted by atomic mass is 10.2. The molecule has 0 unspecified atom stereocenters. The van der Waals surface area contributed by atoms with Crippen LogP contribution >= 0.6 is 24.0 Å². The van der Waals surface area contributed by atoms with Gasteiger partial charge in [-0.1, -0.05) is 24.3 Å². The highest BCUT2D eigenvalue weighted by molar-refractivity contribution is 7.98. The summed E-state index contributed by atoms with van der Waals surface area (Å²) in [4.78, 5) is 0. The molecule has 0 bridgehead atoms. The van der Waals surface area contributed by atoms with E-state index in [0.29, 0.717) is 28.8 Å². The second kappa shape index (κ2) is 10.6. The Morgan fingerprint density at radius 1 is 1.21 bits per heavy atom. The summed E-state index contributed by atoms with van der Waals surface area (Å²) in [6, 6.07) is 13.8. The van der Waals surface area contributed by atoms with Gasteiger partial charge in [0.25, 0.3) is 0 Å². The van der Waals surface area contributed by atoms with Gasteiger partial charge in [-0.05, 0) is 54.2 Å². The molecule has 2 aromatic rings. The number of hydrogen-bond donors (Lipinski definition) is 2. The van der Waals surface area contributed by atoms with Crippen LogP contribution in [0.4, 0.5) is 15.8 Å². The van der Waals surface area contributed by atoms with E-state index in [0.717, 1.165) is 24.0 Å². The van der Waals surface area contributed by atoms with Crippen LogP contribution in [-0.2, 0) is 15.8 Å². The Labute approximate surface area is 175 Å². The number of hydrogen-bond acceptors (Lipinski definition) is 4. The minimum atomic E-state index is -3.32. The summed E-state index contributed by atoms with van der Waals surface area (Å²) in [6.07, 6.45) is 2.04. The smallest absolute Gasteiger partial charge is 0.231 e. The first kappa shape index (κ1) is 22.4. The number of thioether (sulfide) groups is 1. The van der Waals surface area contributed by atoms with Crippen LogP contribution in [0.5, 0.6) is 0 Å². The third-order valence-corrected chi connectivity index (χ3v) is 6.48. The molecule has 2 N–H and O–H groups in total. The van der Waals surface area contributed by atoms with E-state index in [9.17, 15) is 12.8 Å². The largest absolute Gasteiger partial charge is 0.362 e. The Morgan fingerprint density at radius 2 is 1.96 bits per heavy atom. The van der Waals surface area contributed by atoms with Crippen molar-refractivity contribution < 1.29 is 12.8 Å². The van der Waals surface area contributed by atoms with Crippen molar-refractivity contribution in [3.63, 3.8) is 0 Å². The van der Waals surface area contributed by atoms with Gasteiger partial charge in [0.15, 0.2) is 5.11 Å². The van der Waals surface area contributed by atoms with E-state index in [1.165, 1.54) is 17.4 Å². The molecule has 0 aromatic heterocycles. The van der Waals surface area contributed by atoms with Crippen molar-refractivity contribution in [2.24, 2.45) is 0 Å². The van der Waals surface area contributed by atoms with Gasteiger partial charge in [-0.2, -0.15) is 11.8 Å². The number of thiocarbonyl (C=S) groups is 1. The molecule has 0 aliphatic carbocycles. The van der Waals surface area contributed by atoms with Crippen molar-refractivity contribution in [1.82, 2.24) is 5.32 Å². The van der Waals surface area contributed by atoms with Gasteiger partial charge in [0.1, 0.15) is 5.82 Å². The maximum Gasteiger partial charge on any atom is 0.231 e. The molecule has 0 heterocycles. The van der Waals surface area contributed by atoms with Crippen LogP contribution in [0.1, 0.15) is 12.0 Å². The Hall–Kier alpha value is -1.84. The lowest BCUT2D eigenvalue weighted by Gasteiger charge is -2.18. The summed E-state index contributed by atoms with van der Waals surface area (Å²) in [7, 11) is -1.81. The molecular weight excluding hydrogens is 417 g/mol. The molecule has 0 fully saturated rings. The van der Waals surface area contributed by atoms with Gasteiger partial charge in [0, 0.05) is 25.0 Å². The molecule has 0 amide bonds. The van der Waals surface area contributed by atoms with Gasteiger partial charge in [-0.25, -0.2) is 12.8 Å². The molecule has 2 rings (SSSR count). The SMILES string of the molecule is CN(c1cccc(NC(=S)NCCCSCc2ccccc2F)c1)S(C)(=O)=O. The van der Waals surface area contributed by atoms with E-state index in [2.05, 4.69) is 10.6 Å². The van der Waals surface area contributed by atoms with Crippen molar-refractivity contribution >= 4 is 50.5 Å². The highest BCUT2D eigenvalue weighted by Gasteiger charge is 2.12. The lowest BCUT2D eigenvalue weighted by Crippen LogP contribution is -2.29.